The summed E-state index contributed by atoms with van der Waals surface area (Å²) in [6, 6.07) is 1.57. The van der Waals surface area contributed by atoms with Crippen LogP contribution in [0.15, 0.2) is 12.4 Å². The molecule has 3 aliphatic rings. The Labute approximate surface area is 198 Å². The van der Waals surface area contributed by atoms with E-state index in [0.29, 0.717) is 34.8 Å². The Morgan fingerprint density at radius 3 is 2.26 bits per heavy atom. The number of halogens is 6. The van der Waals surface area contributed by atoms with Crippen molar-refractivity contribution in [2.45, 2.75) is 57.3 Å². The highest BCUT2D eigenvalue weighted by molar-refractivity contribution is 7.18. The van der Waals surface area contributed by atoms with E-state index >= 15 is 0 Å². The molecular weight excluding hydrogens is 478 g/mol. The smallest absolute Gasteiger partial charge is 0.355 e. The lowest BCUT2D eigenvalue weighted by atomic mass is 9.71. The SMILES string of the molecule is FC(F)(F)Cc1cc2c(N3CC4(CCN(CC5CCC(C(F)(F)F)CC5)CC4)C3)ncnc2s1. The minimum atomic E-state index is -4.25. The summed E-state index contributed by atoms with van der Waals surface area (Å²) < 4.78 is 77.1. The van der Waals surface area contributed by atoms with Crippen molar-refractivity contribution in [3.8, 4) is 0 Å². The standard InChI is InChI=1S/C23H28F6N4S/c24-22(25,26)10-17-9-18-19(30-14-31-20(18)34-17)33-12-21(13-33)5-7-32(8-6-21)11-15-1-3-16(4-2-15)23(27,28)29/h9,14-16H,1-8,10-13H2. The number of nitrogens with zero attached hydrogens (tertiary/aromatic N) is 4. The average Bonchev–Trinajstić information content (AvgIpc) is 3.13. The van der Waals surface area contributed by atoms with Gasteiger partial charge in [-0.15, -0.1) is 11.3 Å². The molecule has 5 rings (SSSR count). The van der Waals surface area contributed by atoms with E-state index in [2.05, 4.69) is 19.8 Å². The summed E-state index contributed by atoms with van der Waals surface area (Å²) >= 11 is 1.07. The first-order chi connectivity index (χ1) is 16.0. The van der Waals surface area contributed by atoms with Crippen molar-refractivity contribution in [1.82, 2.24) is 14.9 Å². The van der Waals surface area contributed by atoms with Crippen molar-refractivity contribution >= 4 is 27.4 Å². The molecule has 11 heteroatoms. The third kappa shape index (κ3) is 5.15. The molecule has 1 aliphatic carbocycles. The van der Waals surface area contributed by atoms with Crippen molar-refractivity contribution in [2.75, 3.05) is 37.6 Å². The van der Waals surface area contributed by atoms with Gasteiger partial charge >= 0.3 is 12.4 Å². The lowest BCUT2D eigenvalue weighted by Crippen LogP contribution is -2.61. The van der Waals surface area contributed by atoms with Gasteiger partial charge in [-0.2, -0.15) is 26.3 Å². The summed E-state index contributed by atoms with van der Waals surface area (Å²) in [5.41, 5.74) is 0.187. The van der Waals surface area contributed by atoms with E-state index in [1.54, 1.807) is 6.07 Å². The topological polar surface area (TPSA) is 32.3 Å². The first-order valence-corrected chi connectivity index (χ1v) is 12.7. The highest BCUT2D eigenvalue weighted by Crippen LogP contribution is 2.45. The van der Waals surface area contributed by atoms with Crippen molar-refractivity contribution in [1.29, 1.82) is 0 Å². The first kappa shape index (κ1) is 24.1. The number of hydrogen-bond donors (Lipinski definition) is 0. The maximum absolute atomic E-state index is 12.9. The van der Waals surface area contributed by atoms with Crippen LogP contribution < -0.4 is 4.90 Å². The Hall–Kier alpha value is -1.62. The van der Waals surface area contributed by atoms with E-state index in [-0.39, 0.29) is 23.1 Å². The largest absolute Gasteiger partial charge is 0.393 e. The Kier molecular flexibility index (Phi) is 6.23. The van der Waals surface area contributed by atoms with Crippen molar-refractivity contribution in [3.63, 3.8) is 0 Å². The molecule has 4 heterocycles. The van der Waals surface area contributed by atoms with Gasteiger partial charge in [0.1, 0.15) is 17.0 Å². The van der Waals surface area contributed by atoms with E-state index < -0.39 is 24.7 Å². The number of fused-ring (bicyclic) bond motifs is 1. The fourth-order valence-electron chi connectivity index (χ4n) is 5.91. The highest BCUT2D eigenvalue weighted by Gasteiger charge is 2.46. The van der Waals surface area contributed by atoms with Crippen LogP contribution in [-0.2, 0) is 6.42 Å². The number of hydrogen-bond acceptors (Lipinski definition) is 5. The number of anilines is 1. The second-order valence-corrected chi connectivity index (χ2v) is 11.5. The van der Waals surface area contributed by atoms with E-state index in [0.717, 1.165) is 56.9 Å². The van der Waals surface area contributed by atoms with Crippen molar-refractivity contribution in [3.05, 3.63) is 17.3 Å². The quantitative estimate of drug-likeness (QED) is 0.472. The molecule has 3 fully saturated rings. The van der Waals surface area contributed by atoms with E-state index in [1.165, 1.54) is 6.33 Å². The number of piperidine rings is 1. The molecule has 0 amide bonds. The average molecular weight is 507 g/mol. The maximum atomic E-state index is 12.9. The molecular formula is C23H28F6N4S. The molecule has 0 bridgehead atoms. The molecule has 2 aromatic rings. The van der Waals surface area contributed by atoms with Crippen molar-refractivity contribution in [2.24, 2.45) is 17.3 Å². The number of alkyl halides is 6. The molecule has 2 aliphatic heterocycles. The molecule has 0 unspecified atom stereocenters. The summed E-state index contributed by atoms with van der Waals surface area (Å²) in [4.78, 5) is 13.9. The summed E-state index contributed by atoms with van der Waals surface area (Å²) in [7, 11) is 0. The molecule has 0 aromatic carbocycles. The van der Waals surface area contributed by atoms with Crippen LogP contribution in [0.5, 0.6) is 0 Å². The van der Waals surface area contributed by atoms with Crippen LogP contribution in [0.3, 0.4) is 0 Å². The fourth-order valence-corrected chi connectivity index (χ4v) is 6.93. The van der Waals surface area contributed by atoms with Gasteiger partial charge in [-0.05, 0) is 63.6 Å². The normalized spacial score (nSPS) is 26.2. The zero-order valence-electron chi connectivity index (χ0n) is 18.8. The fraction of sp³-hybridized carbons (Fsp3) is 0.739. The lowest BCUT2D eigenvalue weighted by molar-refractivity contribution is -0.184. The summed E-state index contributed by atoms with van der Waals surface area (Å²) in [5.74, 6) is -0.0659. The zero-order chi connectivity index (χ0) is 24.1. The van der Waals surface area contributed by atoms with E-state index in [1.807, 2.05) is 0 Å². The van der Waals surface area contributed by atoms with Gasteiger partial charge in [0.2, 0.25) is 0 Å². The molecule has 2 aromatic heterocycles. The highest BCUT2D eigenvalue weighted by atomic mass is 32.1. The molecule has 2 saturated heterocycles. The van der Waals surface area contributed by atoms with Gasteiger partial charge < -0.3 is 9.80 Å². The summed E-state index contributed by atoms with van der Waals surface area (Å²) in [6.07, 6.45) is -3.98. The predicted octanol–water partition coefficient (Wildman–Crippen LogP) is 6.07. The second kappa shape index (κ2) is 8.80. The minimum Gasteiger partial charge on any atom is -0.355 e. The molecule has 1 spiro atoms. The number of rotatable bonds is 4. The predicted molar refractivity (Wildman–Crippen MR) is 119 cm³/mol. The van der Waals surface area contributed by atoms with Gasteiger partial charge in [0.25, 0.3) is 0 Å². The first-order valence-electron chi connectivity index (χ1n) is 11.8. The second-order valence-electron chi connectivity index (χ2n) is 10.3. The third-order valence-corrected chi connectivity index (χ3v) is 8.87. The van der Waals surface area contributed by atoms with Gasteiger partial charge in [0, 0.05) is 29.9 Å². The van der Waals surface area contributed by atoms with Crippen LogP contribution >= 0.6 is 11.3 Å². The minimum absolute atomic E-state index is 0.187. The van der Waals surface area contributed by atoms with Gasteiger partial charge in [0.15, 0.2) is 0 Å². The monoisotopic (exact) mass is 506 g/mol. The molecule has 188 valence electrons. The number of aromatic nitrogens is 2. The van der Waals surface area contributed by atoms with Crippen LogP contribution in [0.25, 0.3) is 10.2 Å². The van der Waals surface area contributed by atoms with Crippen molar-refractivity contribution < 1.29 is 26.3 Å². The number of thiophene rings is 1. The zero-order valence-corrected chi connectivity index (χ0v) is 19.6. The molecule has 0 N–H and O–H groups in total. The Morgan fingerprint density at radius 1 is 0.971 bits per heavy atom. The van der Waals surface area contributed by atoms with Crippen LogP contribution in [0.4, 0.5) is 32.2 Å². The van der Waals surface area contributed by atoms with Gasteiger partial charge in [0.05, 0.1) is 17.7 Å². The van der Waals surface area contributed by atoms with E-state index in [4.69, 9.17) is 0 Å². The Morgan fingerprint density at radius 2 is 1.65 bits per heavy atom. The molecule has 4 nitrogen and oxygen atoms in total. The maximum Gasteiger partial charge on any atom is 0.393 e. The summed E-state index contributed by atoms with van der Waals surface area (Å²) in [6.45, 7) is 4.43. The molecule has 1 saturated carbocycles. The van der Waals surface area contributed by atoms with Crippen LogP contribution in [0, 0.1) is 17.3 Å². The molecule has 0 atom stereocenters. The molecule has 34 heavy (non-hydrogen) atoms. The number of likely N-dealkylation sites (tertiary alicyclic amines) is 1. The third-order valence-electron chi connectivity index (χ3n) is 7.83. The molecule has 0 radical (unpaired) electrons. The van der Waals surface area contributed by atoms with Gasteiger partial charge in [-0.25, -0.2) is 9.97 Å². The van der Waals surface area contributed by atoms with Gasteiger partial charge in [-0.1, -0.05) is 0 Å². The Bertz CT molecular complexity index is 995. The van der Waals surface area contributed by atoms with Crippen LogP contribution in [0.1, 0.15) is 43.4 Å². The summed E-state index contributed by atoms with van der Waals surface area (Å²) in [5, 5.41) is 0.688. The Balaban J connectivity index is 1.13. The van der Waals surface area contributed by atoms with Crippen LogP contribution in [0.2, 0.25) is 0 Å². The van der Waals surface area contributed by atoms with E-state index in [9.17, 15) is 26.3 Å². The lowest BCUT2D eigenvalue weighted by Gasteiger charge is -2.55. The van der Waals surface area contributed by atoms with Gasteiger partial charge in [-0.3, -0.25) is 0 Å². The van der Waals surface area contributed by atoms with Crippen LogP contribution in [-0.4, -0.2) is 59.9 Å².